The molecule has 23 heavy (non-hydrogen) atoms. The zero-order valence-corrected chi connectivity index (χ0v) is 14.1. The van der Waals surface area contributed by atoms with E-state index in [2.05, 4.69) is 54.4 Å². The minimum atomic E-state index is 0.523. The van der Waals surface area contributed by atoms with E-state index in [4.69, 9.17) is 9.72 Å². The third kappa shape index (κ3) is 3.55. The number of hydrogen-bond donors (Lipinski definition) is 1. The minimum Gasteiger partial charge on any atom is -0.495 e. The fraction of sp³-hybridized carbons (Fsp3) is 0.350. The molecule has 0 radical (unpaired) electrons. The lowest BCUT2D eigenvalue weighted by Crippen LogP contribution is -1.95. The van der Waals surface area contributed by atoms with Gasteiger partial charge < -0.3 is 9.72 Å². The number of imidazole rings is 1. The number of methoxy groups -OCH3 is 1. The molecule has 1 aliphatic rings. The first kappa shape index (κ1) is 15.6. The van der Waals surface area contributed by atoms with Gasteiger partial charge in [0.1, 0.15) is 17.3 Å². The molecule has 0 amide bonds. The summed E-state index contributed by atoms with van der Waals surface area (Å²) in [6.45, 7) is 4.25. The number of allylic oxidation sites excluding steroid dienone is 2. The first-order valence-corrected chi connectivity index (χ1v) is 8.25. The second kappa shape index (κ2) is 6.86. The first-order valence-electron chi connectivity index (χ1n) is 8.25. The molecule has 0 saturated carbocycles. The summed E-state index contributed by atoms with van der Waals surface area (Å²) in [4.78, 5) is 8.29. The van der Waals surface area contributed by atoms with Crippen LogP contribution in [0.3, 0.4) is 0 Å². The molecule has 2 aromatic rings. The molecule has 0 fully saturated rings. The highest BCUT2D eigenvalue weighted by Gasteiger charge is 2.20. The second-order valence-electron chi connectivity index (χ2n) is 6.18. The van der Waals surface area contributed by atoms with Crippen LogP contribution in [0.25, 0.3) is 11.8 Å². The van der Waals surface area contributed by atoms with E-state index in [-0.39, 0.29) is 0 Å². The van der Waals surface area contributed by atoms with E-state index in [1.54, 1.807) is 7.11 Å². The molecule has 1 N–H and O–H groups in total. The van der Waals surface area contributed by atoms with Crippen LogP contribution in [-0.4, -0.2) is 17.1 Å². The van der Waals surface area contributed by atoms with Crippen molar-refractivity contribution in [1.82, 2.24) is 9.97 Å². The van der Waals surface area contributed by atoms with Crippen molar-refractivity contribution in [2.75, 3.05) is 7.11 Å². The molecule has 1 aromatic carbocycles. The van der Waals surface area contributed by atoms with Gasteiger partial charge in [-0.25, -0.2) is 4.98 Å². The number of hydrogen-bond acceptors (Lipinski definition) is 2. The number of nitrogens with one attached hydrogen (secondary N) is 1. The number of nitrogens with zero attached hydrogens (tertiary/aromatic N) is 1. The SMILES string of the molecule is C/C=C/c1ccc(Cc2nc3c([nH]2)CCC(C)C=C3OC)cc1. The van der Waals surface area contributed by atoms with E-state index >= 15 is 0 Å². The largest absolute Gasteiger partial charge is 0.495 e. The number of rotatable bonds is 4. The topological polar surface area (TPSA) is 37.9 Å². The molecule has 3 nitrogen and oxygen atoms in total. The molecule has 1 unspecified atom stereocenters. The number of fused-ring (bicyclic) bond motifs is 1. The Labute approximate surface area is 138 Å². The molecular weight excluding hydrogens is 284 g/mol. The van der Waals surface area contributed by atoms with Crippen LogP contribution in [0.1, 0.15) is 48.6 Å². The van der Waals surface area contributed by atoms with Gasteiger partial charge in [-0.2, -0.15) is 0 Å². The van der Waals surface area contributed by atoms with Gasteiger partial charge in [0.05, 0.1) is 7.11 Å². The molecule has 0 saturated heterocycles. The average Bonchev–Trinajstić information content (AvgIpc) is 2.89. The van der Waals surface area contributed by atoms with Gasteiger partial charge >= 0.3 is 0 Å². The van der Waals surface area contributed by atoms with E-state index in [1.165, 1.54) is 16.8 Å². The molecule has 120 valence electrons. The van der Waals surface area contributed by atoms with Crippen molar-refractivity contribution in [3.05, 3.63) is 64.8 Å². The Bertz CT molecular complexity index is 723. The van der Waals surface area contributed by atoms with Crippen LogP contribution in [0.4, 0.5) is 0 Å². The standard InChI is InChI=1S/C20H24N2O/c1-4-5-15-7-9-16(10-8-15)13-19-21-17-11-6-14(2)12-18(23-3)20(17)22-19/h4-5,7-10,12,14H,6,11,13H2,1-3H3,(H,21,22)/b5-4+. The molecule has 0 bridgehead atoms. The highest BCUT2D eigenvalue weighted by atomic mass is 16.5. The van der Waals surface area contributed by atoms with Gasteiger partial charge in [-0.3, -0.25) is 0 Å². The zero-order valence-electron chi connectivity index (χ0n) is 14.1. The highest BCUT2D eigenvalue weighted by molar-refractivity contribution is 5.60. The first-order chi connectivity index (χ1) is 11.2. The third-order valence-corrected chi connectivity index (χ3v) is 4.28. The van der Waals surface area contributed by atoms with Crippen molar-refractivity contribution < 1.29 is 4.74 Å². The lowest BCUT2D eigenvalue weighted by molar-refractivity contribution is 0.365. The summed E-state index contributed by atoms with van der Waals surface area (Å²) in [5, 5.41) is 0. The van der Waals surface area contributed by atoms with Crippen LogP contribution >= 0.6 is 0 Å². The maximum Gasteiger partial charge on any atom is 0.142 e. The van der Waals surface area contributed by atoms with E-state index in [9.17, 15) is 0 Å². The van der Waals surface area contributed by atoms with Crippen LogP contribution in [0, 0.1) is 5.92 Å². The monoisotopic (exact) mass is 308 g/mol. The lowest BCUT2D eigenvalue weighted by Gasteiger charge is -2.04. The minimum absolute atomic E-state index is 0.523. The highest BCUT2D eigenvalue weighted by Crippen LogP contribution is 2.27. The molecule has 1 heterocycles. The van der Waals surface area contributed by atoms with Crippen LogP contribution < -0.4 is 0 Å². The van der Waals surface area contributed by atoms with Crippen molar-refractivity contribution in [2.24, 2.45) is 5.92 Å². The maximum absolute atomic E-state index is 5.55. The fourth-order valence-corrected chi connectivity index (χ4v) is 3.02. The normalized spacial score (nSPS) is 17.7. The summed E-state index contributed by atoms with van der Waals surface area (Å²) < 4.78 is 5.55. The number of aromatic nitrogens is 2. The fourth-order valence-electron chi connectivity index (χ4n) is 3.02. The number of aromatic amines is 1. The van der Waals surface area contributed by atoms with Crippen molar-refractivity contribution in [2.45, 2.75) is 33.1 Å². The predicted molar refractivity (Wildman–Crippen MR) is 95.0 cm³/mol. The Morgan fingerprint density at radius 2 is 2.09 bits per heavy atom. The summed E-state index contributed by atoms with van der Waals surface area (Å²) in [6, 6.07) is 8.62. The predicted octanol–water partition coefficient (Wildman–Crippen LogP) is 4.60. The van der Waals surface area contributed by atoms with Crippen LogP contribution in [0.15, 0.2) is 36.4 Å². The summed E-state index contributed by atoms with van der Waals surface area (Å²) in [7, 11) is 1.72. The van der Waals surface area contributed by atoms with E-state index in [0.29, 0.717) is 5.92 Å². The smallest absolute Gasteiger partial charge is 0.142 e. The van der Waals surface area contributed by atoms with Gasteiger partial charge in [0.2, 0.25) is 0 Å². The van der Waals surface area contributed by atoms with Crippen LogP contribution in [-0.2, 0) is 17.6 Å². The number of H-pyrrole nitrogens is 1. The molecule has 3 rings (SSSR count). The third-order valence-electron chi connectivity index (χ3n) is 4.28. The Morgan fingerprint density at radius 3 is 2.78 bits per heavy atom. The molecule has 1 aliphatic carbocycles. The number of ether oxygens (including phenoxy) is 1. The van der Waals surface area contributed by atoms with Crippen molar-refractivity contribution >= 4 is 11.8 Å². The number of aryl methyl sites for hydroxylation is 1. The quantitative estimate of drug-likeness (QED) is 0.896. The van der Waals surface area contributed by atoms with Crippen molar-refractivity contribution in [3.8, 4) is 0 Å². The molecular formula is C20H24N2O. The molecule has 0 spiro atoms. The average molecular weight is 308 g/mol. The summed E-state index contributed by atoms with van der Waals surface area (Å²) >= 11 is 0. The summed E-state index contributed by atoms with van der Waals surface area (Å²) in [5.41, 5.74) is 4.67. The molecule has 3 heteroatoms. The maximum atomic E-state index is 5.55. The van der Waals surface area contributed by atoms with Gasteiger partial charge in [-0.1, -0.05) is 43.3 Å². The van der Waals surface area contributed by atoms with Crippen molar-refractivity contribution in [1.29, 1.82) is 0 Å². The second-order valence-corrected chi connectivity index (χ2v) is 6.18. The van der Waals surface area contributed by atoms with Gasteiger partial charge in [0.25, 0.3) is 0 Å². The Morgan fingerprint density at radius 1 is 1.30 bits per heavy atom. The Hall–Kier alpha value is -2.29. The van der Waals surface area contributed by atoms with Crippen LogP contribution in [0.5, 0.6) is 0 Å². The molecule has 1 aromatic heterocycles. The van der Waals surface area contributed by atoms with Gasteiger partial charge in [0.15, 0.2) is 0 Å². The zero-order chi connectivity index (χ0) is 16.2. The van der Waals surface area contributed by atoms with Gasteiger partial charge in [-0.15, -0.1) is 0 Å². The molecule has 0 aliphatic heterocycles. The summed E-state index contributed by atoms with van der Waals surface area (Å²) in [6.07, 6.45) is 9.30. The van der Waals surface area contributed by atoms with Gasteiger partial charge in [0, 0.05) is 12.1 Å². The molecule has 1 atom stereocenters. The van der Waals surface area contributed by atoms with Gasteiger partial charge in [-0.05, 0) is 42.9 Å². The Kier molecular flexibility index (Phi) is 4.65. The van der Waals surface area contributed by atoms with E-state index in [1.807, 2.05) is 6.92 Å². The summed E-state index contributed by atoms with van der Waals surface area (Å²) in [5.74, 6) is 2.43. The Balaban J connectivity index is 1.82. The number of benzene rings is 1. The lowest BCUT2D eigenvalue weighted by atomic mass is 10.1. The van der Waals surface area contributed by atoms with E-state index < -0.39 is 0 Å². The van der Waals surface area contributed by atoms with Crippen LogP contribution in [0.2, 0.25) is 0 Å². The van der Waals surface area contributed by atoms with Crippen molar-refractivity contribution in [3.63, 3.8) is 0 Å². The van der Waals surface area contributed by atoms with E-state index in [0.717, 1.165) is 36.5 Å².